The lowest BCUT2D eigenvalue weighted by molar-refractivity contribution is -0.132. The number of allylic oxidation sites excluding steroid dienone is 1. The van der Waals surface area contributed by atoms with Crippen molar-refractivity contribution in [1.82, 2.24) is 9.80 Å². The van der Waals surface area contributed by atoms with Crippen molar-refractivity contribution in [2.75, 3.05) is 36.6 Å². The van der Waals surface area contributed by atoms with E-state index in [2.05, 4.69) is 4.72 Å². The van der Waals surface area contributed by atoms with Gasteiger partial charge in [-0.25, -0.2) is 8.42 Å². The number of benzene rings is 2. The van der Waals surface area contributed by atoms with Crippen LogP contribution in [0.3, 0.4) is 0 Å². The molecule has 0 radical (unpaired) electrons. The Morgan fingerprint density at radius 2 is 1.71 bits per heavy atom. The molecule has 3 N–H and O–H groups in total. The van der Waals surface area contributed by atoms with Crippen LogP contribution >= 0.6 is 11.3 Å². The maximum atomic E-state index is 13.0. The number of nitrogens with zero attached hydrogens (tertiary/aromatic N) is 2. The van der Waals surface area contributed by atoms with Crippen LogP contribution in [0.15, 0.2) is 70.9 Å². The number of hydrogen-bond donors (Lipinski definition) is 2. The van der Waals surface area contributed by atoms with Crippen molar-refractivity contribution in [3.63, 3.8) is 0 Å². The Morgan fingerprint density at radius 1 is 1.00 bits per heavy atom. The van der Waals surface area contributed by atoms with Gasteiger partial charge in [-0.15, -0.1) is 11.3 Å². The predicted molar refractivity (Wildman–Crippen MR) is 153 cm³/mol. The number of carbonyl (C=O) groups excluding carboxylic acids is 2. The monoisotopic (exact) mass is 552 g/mol. The van der Waals surface area contributed by atoms with Crippen molar-refractivity contribution in [1.29, 1.82) is 0 Å². The summed E-state index contributed by atoms with van der Waals surface area (Å²) < 4.78 is 28.5. The summed E-state index contributed by atoms with van der Waals surface area (Å²) in [5.74, 6) is -0.0422. The summed E-state index contributed by atoms with van der Waals surface area (Å²) in [6.45, 7) is 3.90. The fourth-order valence-corrected chi connectivity index (χ4v) is 6.19. The lowest BCUT2D eigenvalue weighted by atomic mass is 10.1. The Kier molecular flexibility index (Phi) is 8.85. The minimum absolute atomic E-state index is 0.00119. The molecule has 4 rings (SSSR count). The largest absolute Gasteiger partial charge is 0.397 e. The summed E-state index contributed by atoms with van der Waals surface area (Å²) >= 11 is 1.65. The van der Waals surface area contributed by atoms with Crippen LogP contribution in [-0.4, -0.2) is 56.2 Å². The molecule has 1 aromatic heterocycles. The van der Waals surface area contributed by atoms with E-state index in [0.717, 1.165) is 12.8 Å². The van der Waals surface area contributed by atoms with Gasteiger partial charge in [0.2, 0.25) is 5.91 Å². The number of aryl methyl sites for hydroxylation is 1. The first kappa shape index (κ1) is 27.4. The number of para-hydroxylation sites is 1. The SMILES string of the molecule is CC/C=C\c1cccc(S(=O)(=O)Nc2ccc(C(=O)N3CCN(C(=O)CCc4cccs4)CC3)cc2)c1N. The fourth-order valence-electron chi connectivity index (χ4n) is 4.26. The summed E-state index contributed by atoms with van der Waals surface area (Å²) in [5, 5.41) is 2.01. The second-order valence-corrected chi connectivity index (χ2v) is 11.7. The van der Waals surface area contributed by atoms with Crippen LogP contribution in [0, 0.1) is 0 Å². The van der Waals surface area contributed by atoms with E-state index in [-0.39, 0.29) is 22.4 Å². The zero-order chi connectivity index (χ0) is 27.1. The first-order valence-corrected chi connectivity index (χ1v) is 14.9. The zero-order valence-corrected chi connectivity index (χ0v) is 22.9. The zero-order valence-electron chi connectivity index (χ0n) is 21.3. The third kappa shape index (κ3) is 6.62. The molecule has 10 heteroatoms. The van der Waals surface area contributed by atoms with E-state index in [1.165, 1.54) is 10.9 Å². The van der Waals surface area contributed by atoms with E-state index >= 15 is 0 Å². The number of nitrogens with two attached hydrogens (primary N) is 1. The molecule has 3 aromatic rings. The van der Waals surface area contributed by atoms with Gasteiger partial charge in [-0.3, -0.25) is 14.3 Å². The van der Waals surface area contributed by atoms with Gasteiger partial charge >= 0.3 is 0 Å². The fraction of sp³-hybridized carbons (Fsp3) is 0.286. The molecular formula is C28H32N4O4S2. The first-order valence-electron chi connectivity index (χ1n) is 12.6. The van der Waals surface area contributed by atoms with Gasteiger partial charge in [0.1, 0.15) is 4.90 Å². The van der Waals surface area contributed by atoms with Crippen molar-refractivity contribution < 1.29 is 18.0 Å². The van der Waals surface area contributed by atoms with E-state index in [1.54, 1.807) is 58.7 Å². The molecule has 2 amide bonds. The topological polar surface area (TPSA) is 113 Å². The highest BCUT2D eigenvalue weighted by molar-refractivity contribution is 7.92. The number of amides is 2. The molecular weight excluding hydrogens is 520 g/mol. The number of hydrogen-bond acceptors (Lipinski definition) is 6. The molecule has 0 unspecified atom stereocenters. The number of carbonyl (C=O) groups is 2. The number of rotatable bonds is 9. The number of nitrogens with one attached hydrogen (secondary N) is 1. The van der Waals surface area contributed by atoms with Gasteiger partial charge in [0.15, 0.2) is 0 Å². The van der Waals surface area contributed by atoms with Gasteiger partial charge in [-0.1, -0.05) is 37.3 Å². The van der Waals surface area contributed by atoms with Crippen LogP contribution < -0.4 is 10.5 Å². The van der Waals surface area contributed by atoms with Crippen molar-refractivity contribution >= 4 is 50.6 Å². The van der Waals surface area contributed by atoms with Crippen LogP contribution in [0.4, 0.5) is 11.4 Å². The van der Waals surface area contributed by atoms with Gasteiger partial charge in [0, 0.05) is 48.7 Å². The average Bonchev–Trinajstić information content (AvgIpc) is 3.45. The molecule has 38 heavy (non-hydrogen) atoms. The molecule has 0 aliphatic carbocycles. The van der Waals surface area contributed by atoms with Crippen molar-refractivity contribution in [2.24, 2.45) is 0 Å². The van der Waals surface area contributed by atoms with Crippen LogP contribution in [-0.2, 0) is 21.2 Å². The van der Waals surface area contributed by atoms with Gasteiger partial charge in [0.25, 0.3) is 15.9 Å². The normalized spacial score (nSPS) is 14.1. The second kappa shape index (κ2) is 12.3. The van der Waals surface area contributed by atoms with Crippen LogP contribution in [0.2, 0.25) is 0 Å². The van der Waals surface area contributed by atoms with E-state index in [1.807, 2.05) is 35.4 Å². The number of anilines is 2. The Labute approximate surface area is 227 Å². The summed E-state index contributed by atoms with van der Waals surface area (Å²) in [7, 11) is -3.92. The molecule has 1 aliphatic heterocycles. The lowest BCUT2D eigenvalue weighted by Crippen LogP contribution is -2.50. The Morgan fingerprint density at radius 3 is 2.37 bits per heavy atom. The highest BCUT2D eigenvalue weighted by Crippen LogP contribution is 2.26. The molecule has 2 heterocycles. The molecule has 0 bridgehead atoms. The Hall–Kier alpha value is -3.63. The van der Waals surface area contributed by atoms with Gasteiger partial charge < -0.3 is 15.5 Å². The summed E-state index contributed by atoms with van der Waals surface area (Å²) in [6, 6.07) is 15.2. The van der Waals surface area contributed by atoms with Crippen molar-refractivity contribution in [3.05, 3.63) is 82.1 Å². The van der Waals surface area contributed by atoms with Crippen LogP contribution in [0.5, 0.6) is 0 Å². The van der Waals surface area contributed by atoms with E-state index in [4.69, 9.17) is 5.73 Å². The third-order valence-corrected chi connectivity index (χ3v) is 8.77. The van der Waals surface area contributed by atoms with Crippen LogP contribution in [0.1, 0.15) is 40.6 Å². The maximum Gasteiger partial charge on any atom is 0.263 e. The van der Waals surface area contributed by atoms with E-state index in [9.17, 15) is 18.0 Å². The third-order valence-electron chi connectivity index (χ3n) is 6.39. The highest BCUT2D eigenvalue weighted by atomic mass is 32.2. The minimum atomic E-state index is -3.92. The van der Waals surface area contributed by atoms with Crippen LogP contribution in [0.25, 0.3) is 6.08 Å². The van der Waals surface area contributed by atoms with Gasteiger partial charge in [-0.2, -0.15) is 0 Å². The number of thiophene rings is 1. The van der Waals surface area contributed by atoms with E-state index in [0.29, 0.717) is 49.4 Å². The molecule has 1 saturated heterocycles. The standard InChI is InChI=1S/C28H32N4O4S2/c1-2-3-6-21-7-4-9-25(27(21)29)38(35,36)30-23-12-10-22(11-13-23)28(34)32-18-16-31(17-19-32)26(33)15-14-24-8-5-20-37-24/h3-13,20,30H,2,14-19,29H2,1H3/b6-3-. The molecule has 8 nitrogen and oxygen atoms in total. The quantitative estimate of drug-likeness (QED) is 0.380. The Bertz CT molecular complexity index is 1390. The Balaban J connectivity index is 1.33. The lowest BCUT2D eigenvalue weighted by Gasteiger charge is -2.35. The second-order valence-electron chi connectivity index (χ2n) is 9.00. The average molecular weight is 553 g/mol. The summed E-state index contributed by atoms with van der Waals surface area (Å²) in [4.78, 5) is 30.3. The van der Waals surface area contributed by atoms with E-state index < -0.39 is 10.0 Å². The first-order chi connectivity index (χ1) is 18.3. The minimum Gasteiger partial charge on any atom is -0.397 e. The van der Waals surface area contributed by atoms with Gasteiger partial charge in [0.05, 0.1) is 5.69 Å². The summed E-state index contributed by atoms with van der Waals surface area (Å²) in [5.41, 5.74) is 7.74. The predicted octanol–water partition coefficient (Wildman–Crippen LogP) is 4.47. The number of nitrogen functional groups attached to an aromatic ring is 1. The molecule has 0 atom stereocenters. The molecule has 0 saturated carbocycles. The number of piperazine rings is 1. The molecule has 200 valence electrons. The van der Waals surface area contributed by atoms with Crippen molar-refractivity contribution in [3.8, 4) is 0 Å². The molecule has 1 fully saturated rings. The number of sulfonamides is 1. The maximum absolute atomic E-state index is 13.0. The smallest absolute Gasteiger partial charge is 0.263 e. The van der Waals surface area contributed by atoms with Gasteiger partial charge in [-0.05, 0) is 60.2 Å². The van der Waals surface area contributed by atoms with Crippen molar-refractivity contribution in [2.45, 2.75) is 31.1 Å². The molecule has 2 aromatic carbocycles. The highest BCUT2D eigenvalue weighted by Gasteiger charge is 2.25. The summed E-state index contributed by atoms with van der Waals surface area (Å²) in [6.07, 6.45) is 5.73. The molecule has 1 aliphatic rings. The molecule has 0 spiro atoms.